The van der Waals surface area contributed by atoms with Crippen LogP contribution in [0.5, 0.6) is 23.0 Å². The monoisotopic (exact) mass is 534 g/mol. The van der Waals surface area contributed by atoms with Gasteiger partial charge >= 0.3 is 11.9 Å². The first-order valence-electron chi connectivity index (χ1n) is 13.4. The number of hydrogen-bond acceptors (Lipinski definition) is 6. The molecule has 0 aliphatic carbocycles. The number of fused-ring (bicyclic) bond motifs is 2. The molecule has 0 saturated heterocycles. The van der Waals surface area contributed by atoms with E-state index in [9.17, 15) is 9.59 Å². The summed E-state index contributed by atoms with van der Waals surface area (Å²) in [5, 5.41) is 0. The number of esters is 2. The molecule has 202 valence electrons. The zero-order chi connectivity index (χ0) is 28.0. The summed E-state index contributed by atoms with van der Waals surface area (Å²) in [6, 6.07) is 23.1. The molecule has 40 heavy (non-hydrogen) atoms. The van der Waals surface area contributed by atoms with E-state index in [-0.39, 0.29) is 11.9 Å². The molecule has 4 aromatic rings. The minimum atomic E-state index is -0.428. The fourth-order valence-electron chi connectivity index (χ4n) is 5.59. The second-order valence-corrected chi connectivity index (χ2v) is 10.4. The van der Waals surface area contributed by atoms with E-state index in [1.54, 1.807) is 0 Å². The van der Waals surface area contributed by atoms with Crippen molar-refractivity contribution >= 4 is 11.9 Å². The van der Waals surface area contributed by atoms with E-state index in [4.69, 9.17) is 18.9 Å². The van der Waals surface area contributed by atoms with Gasteiger partial charge < -0.3 is 18.9 Å². The molecular formula is C34H30O6. The normalized spacial score (nSPS) is 17.2. The summed E-state index contributed by atoms with van der Waals surface area (Å²) in [6.07, 6.45) is 0. The van der Waals surface area contributed by atoms with Crippen LogP contribution in [0.25, 0.3) is 0 Å². The molecule has 2 unspecified atom stereocenters. The molecule has 0 aromatic heterocycles. The number of hydrogen-bond donors (Lipinski definition) is 0. The Morgan fingerprint density at radius 3 is 1.25 bits per heavy atom. The highest BCUT2D eigenvalue weighted by Gasteiger charge is 2.38. The van der Waals surface area contributed by atoms with Crippen molar-refractivity contribution in [3.05, 3.63) is 117 Å². The number of carbonyl (C=O) groups is 2. The van der Waals surface area contributed by atoms with Crippen molar-refractivity contribution in [3.8, 4) is 23.0 Å². The average molecular weight is 535 g/mol. The van der Waals surface area contributed by atoms with Gasteiger partial charge in [0, 0.05) is 11.1 Å². The minimum absolute atomic E-state index is 0.250. The molecule has 4 aromatic carbocycles. The predicted molar refractivity (Wildman–Crippen MR) is 151 cm³/mol. The third kappa shape index (κ3) is 4.49. The Hall–Kier alpha value is -4.58. The smallest absolute Gasteiger partial charge is 0.323 e. The molecule has 2 aliphatic rings. The number of benzene rings is 4. The summed E-state index contributed by atoms with van der Waals surface area (Å²) in [7, 11) is 0. The van der Waals surface area contributed by atoms with Gasteiger partial charge in [0.25, 0.3) is 0 Å². The standard InChI is InChI=1S/C34H30O6/c1-19-5-7-21(3)31-27(19)29(33(35)39-31)23-9-13-25(14-10-23)37-17-18-38-26-15-11-24(12-16-26)30-28-20(2)6-8-22(4)32(28)40-34(30)36/h5-16,29-30H,17-18H2,1-4H3. The van der Waals surface area contributed by atoms with Crippen LogP contribution in [0.3, 0.4) is 0 Å². The van der Waals surface area contributed by atoms with Crippen LogP contribution in [-0.2, 0) is 9.59 Å². The number of aryl methyl sites for hydroxylation is 4. The maximum absolute atomic E-state index is 12.7. The quantitative estimate of drug-likeness (QED) is 0.154. The van der Waals surface area contributed by atoms with E-state index in [0.717, 1.165) is 44.5 Å². The van der Waals surface area contributed by atoms with Crippen molar-refractivity contribution in [2.24, 2.45) is 0 Å². The molecule has 0 saturated carbocycles. The summed E-state index contributed by atoms with van der Waals surface area (Å²) in [6.45, 7) is 8.62. The summed E-state index contributed by atoms with van der Waals surface area (Å²) in [5.74, 6) is 1.39. The van der Waals surface area contributed by atoms with Gasteiger partial charge in [0.2, 0.25) is 0 Å². The lowest BCUT2D eigenvalue weighted by atomic mass is 9.88. The predicted octanol–water partition coefficient (Wildman–Crippen LogP) is 6.48. The molecule has 2 atom stereocenters. The van der Waals surface area contributed by atoms with E-state index >= 15 is 0 Å². The zero-order valence-electron chi connectivity index (χ0n) is 22.9. The molecular weight excluding hydrogens is 504 g/mol. The summed E-state index contributed by atoms with van der Waals surface area (Å²) >= 11 is 0. The Balaban J connectivity index is 1.05. The Labute approximate surface area is 233 Å². The van der Waals surface area contributed by atoms with Gasteiger partial charge in [-0.05, 0) is 85.3 Å². The highest BCUT2D eigenvalue weighted by Crippen LogP contribution is 2.44. The number of rotatable bonds is 7. The van der Waals surface area contributed by atoms with Crippen LogP contribution in [0.2, 0.25) is 0 Å². The van der Waals surface area contributed by atoms with Gasteiger partial charge in [0.1, 0.15) is 48.0 Å². The second-order valence-electron chi connectivity index (χ2n) is 10.4. The van der Waals surface area contributed by atoms with Gasteiger partial charge in [-0.1, -0.05) is 48.5 Å². The molecule has 6 nitrogen and oxygen atoms in total. The van der Waals surface area contributed by atoms with Crippen LogP contribution in [0, 0.1) is 27.7 Å². The fourth-order valence-corrected chi connectivity index (χ4v) is 5.59. The Kier molecular flexibility index (Phi) is 6.54. The largest absolute Gasteiger partial charge is 0.490 e. The maximum atomic E-state index is 12.7. The van der Waals surface area contributed by atoms with Crippen molar-refractivity contribution < 1.29 is 28.5 Å². The molecule has 0 amide bonds. The Morgan fingerprint density at radius 2 is 0.875 bits per heavy atom. The van der Waals surface area contributed by atoms with Crippen LogP contribution in [0.1, 0.15) is 56.3 Å². The van der Waals surface area contributed by atoms with Crippen molar-refractivity contribution in [3.63, 3.8) is 0 Å². The summed E-state index contributed by atoms with van der Waals surface area (Å²) < 4.78 is 22.9. The molecule has 0 spiro atoms. The van der Waals surface area contributed by atoms with Crippen molar-refractivity contribution in [2.75, 3.05) is 13.2 Å². The molecule has 2 aliphatic heterocycles. The molecule has 0 fully saturated rings. The van der Waals surface area contributed by atoms with E-state index < -0.39 is 11.8 Å². The summed E-state index contributed by atoms with van der Waals surface area (Å²) in [4.78, 5) is 25.3. The van der Waals surface area contributed by atoms with Gasteiger partial charge in [-0.2, -0.15) is 0 Å². The molecule has 6 rings (SSSR count). The van der Waals surface area contributed by atoms with Crippen LogP contribution in [-0.4, -0.2) is 25.2 Å². The number of ether oxygens (including phenoxy) is 4. The van der Waals surface area contributed by atoms with Crippen molar-refractivity contribution in [1.82, 2.24) is 0 Å². The first kappa shape index (κ1) is 25.7. The van der Waals surface area contributed by atoms with Crippen molar-refractivity contribution in [2.45, 2.75) is 39.5 Å². The third-order valence-electron chi connectivity index (χ3n) is 7.72. The van der Waals surface area contributed by atoms with Gasteiger partial charge in [-0.15, -0.1) is 0 Å². The molecule has 6 heteroatoms. The van der Waals surface area contributed by atoms with E-state index in [0.29, 0.717) is 36.2 Å². The minimum Gasteiger partial charge on any atom is -0.490 e. The topological polar surface area (TPSA) is 71.1 Å². The molecule has 2 heterocycles. The van der Waals surface area contributed by atoms with Crippen molar-refractivity contribution in [1.29, 1.82) is 0 Å². The molecule has 0 N–H and O–H groups in total. The van der Waals surface area contributed by atoms with Gasteiger partial charge in [-0.3, -0.25) is 9.59 Å². The Morgan fingerprint density at radius 1 is 0.525 bits per heavy atom. The van der Waals surface area contributed by atoms with E-state index in [1.807, 2.05) is 100 Å². The van der Waals surface area contributed by atoms with E-state index in [2.05, 4.69) is 0 Å². The van der Waals surface area contributed by atoms with Gasteiger partial charge in [0.15, 0.2) is 0 Å². The Bertz CT molecular complexity index is 1500. The highest BCUT2D eigenvalue weighted by molar-refractivity contribution is 5.91. The van der Waals surface area contributed by atoms with Crippen LogP contribution >= 0.6 is 0 Å². The molecule has 0 radical (unpaired) electrons. The van der Waals surface area contributed by atoms with Crippen LogP contribution < -0.4 is 18.9 Å². The fraction of sp³-hybridized carbons (Fsp3) is 0.235. The SMILES string of the molecule is Cc1ccc(C)c2c1OC(=O)C2c1ccc(OCCOc2ccc(C3C(=O)Oc4c(C)ccc(C)c43)cc2)cc1. The third-order valence-corrected chi connectivity index (χ3v) is 7.72. The van der Waals surface area contributed by atoms with Crippen LogP contribution in [0.4, 0.5) is 0 Å². The molecule has 0 bridgehead atoms. The van der Waals surface area contributed by atoms with Crippen LogP contribution in [0.15, 0.2) is 72.8 Å². The van der Waals surface area contributed by atoms with Gasteiger partial charge in [0.05, 0.1) is 0 Å². The zero-order valence-corrected chi connectivity index (χ0v) is 22.9. The highest BCUT2D eigenvalue weighted by atomic mass is 16.5. The first-order valence-corrected chi connectivity index (χ1v) is 13.4. The van der Waals surface area contributed by atoms with E-state index in [1.165, 1.54) is 0 Å². The second kappa shape index (κ2) is 10.2. The summed E-state index contributed by atoms with van der Waals surface area (Å²) in [5.41, 5.74) is 7.64. The lowest BCUT2D eigenvalue weighted by molar-refractivity contribution is -0.134. The lowest BCUT2D eigenvalue weighted by Crippen LogP contribution is -2.13. The average Bonchev–Trinajstić information content (AvgIpc) is 3.50. The maximum Gasteiger partial charge on any atom is 0.323 e. The van der Waals surface area contributed by atoms with Gasteiger partial charge in [-0.25, -0.2) is 0 Å². The first-order chi connectivity index (χ1) is 19.3. The number of carbonyl (C=O) groups excluding carboxylic acids is 2. The lowest BCUT2D eigenvalue weighted by Gasteiger charge is -2.13.